The van der Waals surface area contributed by atoms with Crippen molar-refractivity contribution >= 4 is 10.9 Å². The lowest BCUT2D eigenvalue weighted by Crippen LogP contribution is -2.17. The smallest absolute Gasteiger partial charge is 0.143 e. The maximum absolute atomic E-state index is 5.93. The first-order valence-electron chi connectivity index (χ1n) is 6.63. The molecule has 1 unspecified atom stereocenters. The number of methoxy groups -OCH3 is 1. The summed E-state index contributed by atoms with van der Waals surface area (Å²) in [4.78, 5) is 3.55. The van der Waals surface area contributed by atoms with Crippen LogP contribution in [-0.2, 0) is 6.42 Å². The molecule has 1 atom stereocenters. The van der Waals surface area contributed by atoms with Crippen LogP contribution in [0.1, 0.15) is 35.6 Å². The molecule has 1 aliphatic rings. The van der Waals surface area contributed by atoms with E-state index in [4.69, 9.17) is 10.5 Å². The third-order valence-electron chi connectivity index (χ3n) is 4.03. The first-order chi connectivity index (χ1) is 8.74. The van der Waals surface area contributed by atoms with Gasteiger partial charge in [0, 0.05) is 11.1 Å². The average molecular weight is 244 g/mol. The van der Waals surface area contributed by atoms with Crippen LogP contribution < -0.4 is 10.5 Å². The summed E-state index contributed by atoms with van der Waals surface area (Å²) in [6.45, 7) is 2.85. The highest BCUT2D eigenvalue weighted by molar-refractivity contribution is 5.91. The third kappa shape index (κ3) is 1.62. The number of ether oxygens (including phenoxy) is 1. The zero-order valence-electron chi connectivity index (χ0n) is 11.0. The number of aromatic amines is 1. The molecule has 2 aromatic rings. The second-order valence-electron chi connectivity index (χ2n) is 5.23. The first-order valence-corrected chi connectivity index (χ1v) is 6.63. The SMILES string of the molecule is COc1cc(C)cc2c3c([nH]c12)CCCC3CN. The Morgan fingerprint density at radius 2 is 2.28 bits per heavy atom. The summed E-state index contributed by atoms with van der Waals surface area (Å²) in [5, 5.41) is 1.30. The van der Waals surface area contributed by atoms with Crippen molar-refractivity contribution in [3.63, 3.8) is 0 Å². The second kappa shape index (κ2) is 4.32. The number of hydrogen-bond donors (Lipinski definition) is 2. The number of benzene rings is 1. The van der Waals surface area contributed by atoms with Gasteiger partial charge in [0.15, 0.2) is 0 Å². The quantitative estimate of drug-likeness (QED) is 0.853. The lowest BCUT2D eigenvalue weighted by Gasteiger charge is -2.21. The number of fused-ring (bicyclic) bond motifs is 3. The van der Waals surface area contributed by atoms with Crippen LogP contribution in [-0.4, -0.2) is 18.6 Å². The van der Waals surface area contributed by atoms with Gasteiger partial charge in [0.25, 0.3) is 0 Å². The zero-order chi connectivity index (χ0) is 12.7. The average Bonchev–Trinajstić information content (AvgIpc) is 2.76. The van der Waals surface area contributed by atoms with E-state index in [1.807, 2.05) is 0 Å². The summed E-state index contributed by atoms with van der Waals surface area (Å²) in [7, 11) is 1.73. The molecule has 0 amide bonds. The summed E-state index contributed by atoms with van der Waals surface area (Å²) in [5.74, 6) is 1.43. The van der Waals surface area contributed by atoms with Crippen LogP contribution in [0.15, 0.2) is 12.1 Å². The van der Waals surface area contributed by atoms with E-state index in [-0.39, 0.29) is 0 Å². The molecule has 3 N–H and O–H groups in total. The molecule has 0 radical (unpaired) electrons. The predicted molar refractivity (Wildman–Crippen MR) is 74.3 cm³/mol. The molecule has 3 nitrogen and oxygen atoms in total. The molecule has 3 rings (SSSR count). The lowest BCUT2D eigenvalue weighted by atomic mass is 9.85. The Morgan fingerprint density at radius 1 is 1.44 bits per heavy atom. The van der Waals surface area contributed by atoms with Gasteiger partial charge in [0.05, 0.1) is 12.6 Å². The highest BCUT2D eigenvalue weighted by Gasteiger charge is 2.24. The van der Waals surface area contributed by atoms with Gasteiger partial charge >= 0.3 is 0 Å². The van der Waals surface area contributed by atoms with Gasteiger partial charge in [-0.1, -0.05) is 0 Å². The molecular formula is C15H20N2O. The van der Waals surface area contributed by atoms with Gasteiger partial charge in [-0.25, -0.2) is 0 Å². The highest BCUT2D eigenvalue weighted by atomic mass is 16.5. The number of rotatable bonds is 2. The van der Waals surface area contributed by atoms with Gasteiger partial charge in [-0.3, -0.25) is 0 Å². The molecule has 1 aromatic heterocycles. The molecule has 1 heterocycles. The molecule has 1 aliphatic carbocycles. The minimum atomic E-state index is 0.494. The second-order valence-corrected chi connectivity index (χ2v) is 5.23. The van der Waals surface area contributed by atoms with Gasteiger partial charge in [-0.2, -0.15) is 0 Å². The lowest BCUT2D eigenvalue weighted by molar-refractivity contribution is 0.418. The first kappa shape index (κ1) is 11.6. The fourth-order valence-electron chi connectivity index (χ4n) is 3.21. The molecular weight excluding hydrogens is 224 g/mol. The molecule has 0 aliphatic heterocycles. The largest absolute Gasteiger partial charge is 0.495 e. The van der Waals surface area contributed by atoms with Crippen LogP contribution in [0.4, 0.5) is 0 Å². The van der Waals surface area contributed by atoms with E-state index in [2.05, 4.69) is 24.0 Å². The van der Waals surface area contributed by atoms with E-state index >= 15 is 0 Å². The summed E-state index contributed by atoms with van der Waals surface area (Å²) in [6, 6.07) is 4.34. The van der Waals surface area contributed by atoms with Crippen molar-refractivity contribution in [3.8, 4) is 5.75 Å². The zero-order valence-corrected chi connectivity index (χ0v) is 11.0. The van der Waals surface area contributed by atoms with Gasteiger partial charge in [-0.05, 0) is 61.9 Å². The van der Waals surface area contributed by atoms with Crippen LogP contribution >= 0.6 is 0 Å². The molecule has 1 aromatic carbocycles. The summed E-state index contributed by atoms with van der Waals surface area (Å²) in [6.07, 6.45) is 3.55. The highest BCUT2D eigenvalue weighted by Crippen LogP contribution is 2.39. The van der Waals surface area contributed by atoms with E-state index < -0.39 is 0 Å². The van der Waals surface area contributed by atoms with Crippen molar-refractivity contribution < 1.29 is 4.74 Å². The number of nitrogens with two attached hydrogens (primary N) is 1. The number of aromatic nitrogens is 1. The molecule has 0 fully saturated rings. The van der Waals surface area contributed by atoms with Crippen LogP contribution in [0.25, 0.3) is 10.9 Å². The Labute approximate surface area is 107 Å². The number of hydrogen-bond acceptors (Lipinski definition) is 2. The fourth-order valence-corrected chi connectivity index (χ4v) is 3.21. The van der Waals surface area contributed by atoms with Crippen LogP contribution in [0, 0.1) is 6.92 Å². The summed E-state index contributed by atoms with van der Waals surface area (Å²) >= 11 is 0. The van der Waals surface area contributed by atoms with Crippen LogP contribution in [0.5, 0.6) is 5.75 Å². The monoisotopic (exact) mass is 244 g/mol. The summed E-state index contributed by atoms with van der Waals surface area (Å²) in [5.41, 5.74) is 11.1. The maximum Gasteiger partial charge on any atom is 0.143 e. The van der Waals surface area contributed by atoms with Gasteiger partial charge in [0.1, 0.15) is 5.75 Å². The van der Waals surface area contributed by atoms with E-state index in [0.717, 1.165) is 24.2 Å². The molecule has 96 valence electrons. The van der Waals surface area contributed by atoms with Gasteiger partial charge < -0.3 is 15.5 Å². The van der Waals surface area contributed by atoms with Crippen molar-refractivity contribution in [1.82, 2.24) is 4.98 Å². The Kier molecular flexibility index (Phi) is 2.78. The summed E-state index contributed by atoms with van der Waals surface area (Å²) < 4.78 is 5.49. The van der Waals surface area contributed by atoms with Crippen LogP contribution in [0.2, 0.25) is 0 Å². The van der Waals surface area contributed by atoms with Crippen molar-refractivity contribution in [2.24, 2.45) is 5.73 Å². The van der Waals surface area contributed by atoms with E-state index in [9.17, 15) is 0 Å². The van der Waals surface area contributed by atoms with Gasteiger partial charge in [-0.15, -0.1) is 0 Å². The van der Waals surface area contributed by atoms with Crippen molar-refractivity contribution in [2.75, 3.05) is 13.7 Å². The molecule has 18 heavy (non-hydrogen) atoms. The number of H-pyrrole nitrogens is 1. The molecule has 0 saturated heterocycles. The topological polar surface area (TPSA) is 51.0 Å². The normalized spacial score (nSPS) is 18.9. The minimum absolute atomic E-state index is 0.494. The molecule has 0 bridgehead atoms. The Bertz CT molecular complexity index is 586. The van der Waals surface area contributed by atoms with Crippen molar-refractivity contribution in [3.05, 3.63) is 29.0 Å². The Balaban J connectivity index is 2.30. The number of aryl methyl sites for hydroxylation is 2. The molecule has 0 saturated carbocycles. The third-order valence-corrected chi connectivity index (χ3v) is 4.03. The van der Waals surface area contributed by atoms with Crippen molar-refractivity contribution in [2.45, 2.75) is 32.1 Å². The fraction of sp³-hybridized carbons (Fsp3) is 0.467. The van der Waals surface area contributed by atoms with E-state index in [1.165, 1.54) is 35.0 Å². The molecule has 0 spiro atoms. The minimum Gasteiger partial charge on any atom is -0.495 e. The molecule has 3 heteroatoms. The van der Waals surface area contributed by atoms with Crippen LogP contribution in [0.3, 0.4) is 0 Å². The Hall–Kier alpha value is -1.48. The Morgan fingerprint density at radius 3 is 3.00 bits per heavy atom. The van der Waals surface area contributed by atoms with E-state index in [1.54, 1.807) is 7.11 Å². The van der Waals surface area contributed by atoms with Gasteiger partial charge in [0.2, 0.25) is 0 Å². The van der Waals surface area contributed by atoms with Crippen molar-refractivity contribution in [1.29, 1.82) is 0 Å². The maximum atomic E-state index is 5.93. The van der Waals surface area contributed by atoms with E-state index in [0.29, 0.717) is 5.92 Å². The number of nitrogens with one attached hydrogen (secondary N) is 1. The standard InChI is InChI=1S/C15H20N2O/c1-9-6-11-14-10(8-16)4-3-5-12(14)17-15(11)13(7-9)18-2/h6-7,10,17H,3-5,8,16H2,1-2H3. The predicted octanol–water partition coefficient (Wildman–Crippen LogP) is 2.86.